The minimum atomic E-state index is -0.0561. The Morgan fingerprint density at radius 1 is 1.07 bits per heavy atom. The lowest BCUT2D eigenvalue weighted by atomic mass is 10.0. The number of nitrogens with zero attached hydrogens (tertiary/aromatic N) is 4. The molecule has 0 unspecified atom stereocenters. The van der Waals surface area contributed by atoms with E-state index in [1.165, 1.54) is 0 Å². The van der Waals surface area contributed by atoms with Crippen molar-refractivity contribution in [3.05, 3.63) is 65.0 Å². The van der Waals surface area contributed by atoms with Crippen LogP contribution in [0.2, 0.25) is 5.02 Å². The van der Waals surface area contributed by atoms with Crippen molar-refractivity contribution in [3.63, 3.8) is 0 Å². The van der Waals surface area contributed by atoms with Crippen LogP contribution in [0.3, 0.4) is 0 Å². The zero-order valence-corrected chi connectivity index (χ0v) is 15.7. The van der Waals surface area contributed by atoms with Gasteiger partial charge in [-0.3, -0.25) is 4.79 Å². The van der Waals surface area contributed by atoms with Crippen LogP contribution in [0.25, 0.3) is 11.3 Å². The molecule has 2 aromatic heterocycles. The summed E-state index contributed by atoms with van der Waals surface area (Å²) in [6, 6.07) is 13.3. The topological polar surface area (TPSA) is 62.5 Å². The molecule has 3 heterocycles. The van der Waals surface area contributed by atoms with Gasteiger partial charge in [0, 0.05) is 37.9 Å². The minimum absolute atomic E-state index is 0.0561. The Morgan fingerprint density at radius 3 is 2.52 bits per heavy atom. The molecule has 7 heteroatoms. The lowest BCUT2D eigenvalue weighted by molar-refractivity contribution is 0.0745. The number of halogens is 1. The van der Waals surface area contributed by atoms with E-state index < -0.39 is 0 Å². The maximum atomic E-state index is 13.2. The van der Waals surface area contributed by atoms with Gasteiger partial charge in [0.2, 0.25) is 0 Å². The summed E-state index contributed by atoms with van der Waals surface area (Å²) in [6.07, 6.45) is 1.73. The molecule has 6 nitrogen and oxygen atoms in total. The van der Waals surface area contributed by atoms with Gasteiger partial charge in [-0.1, -0.05) is 47.1 Å². The summed E-state index contributed by atoms with van der Waals surface area (Å²) in [7, 11) is 0. The first kappa shape index (κ1) is 17.5. The monoisotopic (exact) mass is 382 g/mol. The highest BCUT2D eigenvalue weighted by atomic mass is 35.5. The van der Waals surface area contributed by atoms with Crippen LogP contribution in [0.15, 0.2) is 53.2 Å². The fourth-order valence-corrected chi connectivity index (χ4v) is 3.55. The maximum absolute atomic E-state index is 13.2. The third-order valence-corrected chi connectivity index (χ3v) is 5.02. The molecule has 1 saturated heterocycles. The van der Waals surface area contributed by atoms with Crippen LogP contribution < -0.4 is 4.90 Å². The van der Waals surface area contributed by atoms with Crippen LogP contribution in [0.4, 0.5) is 5.82 Å². The molecule has 1 amide bonds. The Balaban J connectivity index is 1.53. The van der Waals surface area contributed by atoms with Crippen LogP contribution in [0.5, 0.6) is 0 Å². The van der Waals surface area contributed by atoms with E-state index >= 15 is 0 Å². The Labute approximate surface area is 162 Å². The van der Waals surface area contributed by atoms with Crippen molar-refractivity contribution >= 4 is 23.3 Å². The number of carbonyl (C=O) groups is 1. The molecule has 0 saturated carbocycles. The first-order valence-corrected chi connectivity index (χ1v) is 9.19. The van der Waals surface area contributed by atoms with E-state index in [4.69, 9.17) is 16.1 Å². The average Bonchev–Trinajstić information content (AvgIpc) is 3.10. The van der Waals surface area contributed by atoms with Crippen molar-refractivity contribution in [2.24, 2.45) is 0 Å². The van der Waals surface area contributed by atoms with Crippen LogP contribution in [0.1, 0.15) is 16.1 Å². The van der Waals surface area contributed by atoms with Gasteiger partial charge in [-0.15, -0.1) is 0 Å². The predicted molar refractivity (Wildman–Crippen MR) is 104 cm³/mol. The van der Waals surface area contributed by atoms with Gasteiger partial charge in [-0.2, -0.15) is 0 Å². The van der Waals surface area contributed by atoms with E-state index in [0.717, 1.165) is 11.4 Å². The molecule has 3 aromatic rings. The SMILES string of the molecule is Cc1onc(-c2ccccc2)c1C(=O)N1CCN(c2ncccc2Cl)CC1. The summed E-state index contributed by atoms with van der Waals surface area (Å²) < 4.78 is 5.33. The molecule has 1 aliphatic heterocycles. The van der Waals surface area contributed by atoms with E-state index in [9.17, 15) is 4.79 Å². The van der Waals surface area contributed by atoms with Crippen molar-refractivity contribution in [3.8, 4) is 11.3 Å². The molecule has 0 aliphatic carbocycles. The molecule has 1 aliphatic rings. The Morgan fingerprint density at radius 2 is 1.81 bits per heavy atom. The van der Waals surface area contributed by atoms with Gasteiger partial charge in [0.05, 0.1) is 5.02 Å². The lowest BCUT2D eigenvalue weighted by Crippen LogP contribution is -2.49. The zero-order valence-electron chi connectivity index (χ0n) is 14.9. The van der Waals surface area contributed by atoms with Crippen LogP contribution in [0, 0.1) is 6.92 Å². The van der Waals surface area contributed by atoms with Crippen LogP contribution >= 0.6 is 11.6 Å². The van der Waals surface area contributed by atoms with Gasteiger partial charge in [0.1, 0.15) is 22.8 Å². The highest BCUT2D eigenvalue weighted by Gasteiger charge is 2.29. The number of benzene rings is 1. The fourth-order valence-electron chi connectivity index (χ4n) is 3.31. The molecule has 4 rings (SSSR count). The van der Waals surface area contributed by atoms with Gasteiger partial charge in [-0.05, 0) is 19.1 Å². The Hall–Kier alpha value is -2.86. The number of carbonyl (C=O) groups excluding carboxylic acids is 1. The normalized spacial score (nSPS) is 14.4. The van der Waals surface area contributed by atoms with E-state index in [1.807, 2.05) is 47.4 Å². The minimum Gasteiger partial charge on any atom is -0.360 e. The van der Waals surface area contributed by atoms with Crippen molar-refractivity contribution in [2.75, 3.05) is 31.1 Å². The van der Waals surface area contributed by atoms with Crippen molar-refractivity contribution in [2.45, 2.75) is 6.92 Å². The number of aromatic nitrogens is 2. The molecular formula is C20H19ClN4O2. The molecule has 0 radical (unpaired) electrons. The average molecular weight is 383 g/mol. The molecule has 1 fully saturated rings. The largest absolute Gasteiger partial charge is 0.360 e. The number of hydrogen-bond acceptors (Lipinski definition) is 5. The van der Waals surface area contributed by atoms with Gasteiger partial charge >= 0.3 is 0 Å². The molecule has 0 atom stereocenters. The van der Waals surface area contributed by atoms with Gasteiger partial charge in [0.25, 0.3) is 5.91 Å². The molecule has 138 valence electrons. The second-order valence-electron chi connectivity index (χ2n) is 6.42. The first-order valence-electron chi connectivity index (χ1n) is 8.81. The maximum Gasteiger partial charge on any atom is 0.259 e. The van der Waals surface area contributed by atoms with Crippen LogP contribution in [-0.2, 0) is 0 Å². The Kier molecular flexibility index (Phi) is 4.81. The standard InChI is InChI=1S/C20H19ClN4O2/c1-14-17(18(23-27-14)15-6-3-2-4-7-15)20(26)25-12-10-24(11-13-25)19-16(21)8-5-9-22-19/h2-9H,10-13H2,1H3. The number of aryl methyl sites for hydroxylation is 1. The second-order valence-corrected chi connectivity index (χ2v) is 6.82. The molecule has 0 bridgehead atoms. The number of hydrogen-bond donors (Lipinski definition) is 0. The third kappa shape index (κ3) is 3.40. The molecule has 0 N–H and O–H groups in total. The Bertz CT molecular complexity index is 950. The highest BCUT2D eigenvalue weighted by Crippen LogP contribution is 2.28. The summed E-state index contributed by atoms with van der Waals surface area (Å²) in [4.78, 5) is 21.4. The zero-order chi connectivity index (χ0) is 18.8. The van der Waals surface area contributed by atoms with Gasteiger partial charge in [0.15, 0.2) is 0 Å². The third-order valence-electron chi connectivity index (χ3n) is 4.73. The fraction of sp³-hybridized carbons (Fsp3) is 0.250. The summed E-state index contributed by atoms with van der Waals surface area (Å²) in [6.45, 7) is 4.30. The molecular weight excluding hydrogens is 364 g/mol. The lowest BCUT2D eigenvalue weighted by Gasteiger charge is -2.35. The van der Waals surface area contributed by atoms with Crippen molar-refractivity contribution in [1.29, 1.82) is 0 Å². The number of piperazine rings is 1. The van der Waals surface area contributed by atoms with Crippen LogP contribution in [-0.4, -0.2) is 47.1 Å². The van der Waals surface area contributed by atoms with Gasteiger partial charge in [-0.25, -0.2) is 4.98 Å². The van der Waals surface area contributed by atoms with E-state index in [2.05, 4.69) is 15.0 Å². The highest BCUT2D eigenvalue weighted by molar-refractivity contribution is 6.32. The summed E-state index contributed by atoms with van der Waals surface area (Å²) >= 11 is 6.24. The number of amides is 1. The van der Waals surface area contributed by atoms with Gasteiger partial charge < -0.3 is 14.3 Å². The van der Waals surface area contributed by atoms with Crippen molar-refractivity contribution in [1.82, 2.24) is 15.0 Å². The quantitative estimate of drug-likeness (QED) is 0.691. The predicted octanol–water partition coefficient (Wildman–Crippen LogP) is 3.66. The summed E-state index contributed by atoms with van der Waals surface area (Å²) in [5.74, 6) is 1.24. The summed E-state index contributed by atoms with van der Waals surface area (Å²) in [5, 5.41) is 4.74. The second kappa shape index (κ2) is 7.40. The summed E-state index contributed by atoms with van der Waals surface area (Å²) in [5.41, 5.74) is 2.00. The molecule has 1 aromatic carbocycles. The van der Waals surface area contributed by atoms with Crippen molar-refractivity contribution < 1.29 is 9.32 Å². The first-order chi connectivity index (χ1) is 13.1. The van der Waals surface area contributed by atoms with E-state index in [1.54, 1.807) is 13.1 Å². The molecule has 0 spiro atoms. The van der Waals surface area contributed by atoms with E-state index in [-0.39, 0.29) is 5.91 Å². The number of anilines is 1. The smallest absolute Gasteiger partial charge is 0.259 e. The number of rotatable bonds is 3. The van der Waals surface area contributed by atoms with E-state index in [0.29, 0.717) is 48.2 Å². The molecule has 27 heavy (non-hydrogen) atoms. The number of pyridine rings is 1.